The summed E-state index contributed by atoms with van der Waals surface area (Å²) in [6.07, 6.45) is 29.8. The summed E-state index contributed by atoms with van der Waals surface area (Å²) in [5.41, 5.74) is -0.462. The molecule has 0 aliphatic heterocycles. The summed E-state index contributed by atoms with van der Waals surface area (Å²) in [4.78, 5) is 21.3. The first-order chi connectivity index (χ1) is 16.4. The van der Waals surface area contributed by atoms with Gasteiger partial charge in [-0.05, 0) is 32.1 Å². The first-order valence-corrected chi connectivity index (χ1v) is 15.9. The maximum Gasteiger partial charge on any atom is 0.332 e. The molecule has 0 aromatic rings. The third-order valence-corrected chi connectivity index (χ3v) is 8.14. The molecule has 0 aliphatic carbocycles. The van der Waals surface area contributed by atoms with E-state index in [1.807, 2.05) is 0 Å². The van der Waals surface area contributed by atoms with Crippen molar-refractivity contribution in [1.82, 2.24) is 5.32 Å². The molecule has 0 bridgehead atoms. The molecular formula is C28H56NO4P. The molecule has 1 atom stereocenters. The minimum atomic E-state index is -3.61. The fourth-order valence-electron chi connectivity index (χ4n) is 3.86. The van der Waals surface area contributed by atoms with Crippen LogP contribution >= 0.6 is 7.60 Å². The molecule has 1 unspecified atom stereocenters. The summed E-state index contributed by atoms with van der Waals surface area (Å²) in [6.45, 7) is 5.33. The van der Waals surface area contributed by atoms with Gasteiger partial charge < -0.3 is 10.2 Å². The van der Waals surface area contributed by atoms with Gasteiger partial charge in [0.1, 0.15) is 6.73 Å². The minimum Gasteiger partial charge on any atom is -0.333 e. The highest BCUT2D eigenvalue weighted by Gasteiger charge is 2.24. The fraction of sp³-hybridized carbons (Fsp3) is 0.893. The van der Waals surface area contributed by atoms with E-state index in [0.717, 1.165) is 12.8 Å². The Bertz CT molecular complexity index is 536. The minimum absolute atomic E-state index is 0.114. The van der Waals surface area contributed by atoms with E-state index in [1.54, 1.807) is 13.8 Å². The molecule has 0 aromatic carbocycles. The summed E-state index contributed by atoms with van der Waals surface area (Å²) >= 11 is 0. The Labute approximate surface area is 211 Å². The zero-order chi connectivity index (χ0) is 25.3. The summed E-state index contributed by atoms with van der Waals surface area (Å²) < 4.78 is 16.5. The number of hydrogen-bond acceptors (Lipinski definition) is 3. The molecule has 0 spiro atoms. The number of rotatable bonds is 25. The van der Waals surface area contributed by atoms with Crippen LogP contribution in [0.5, 0.6) is 0 Å². The second kappa shape index (κ2) is 24.1. The lowest BCUT2D eigenvalue weighted by molar-refractivity contribution is -0.122. The van der Waals surface area contributed by atoms with Crippen LogP contribution in [0.4, 0.5) is 0 Å². The van der Waals surface area contributed by atoms with Crippen LogP contribution < -0.4 is 5.32 Å². The molecule has 0 rings (SSSR count). The Hall–Kier alpha value is -0.640. The number of hydrogen-bond donors (Lipinski definition) is 2. The molecular weight excluding hydrogens is 445 g/mol. The average molecular weight is 502 g/mol. The maximum atomic E-state index is 11.7. The highest BCUT2D eigenvalue weighted by atomic mass is 31.2. The van der Waals surface area contributed by atoms with Crippen LogP contribution in [0.25, 0.3) is 0 Å². The van der Waals surface area contributed by atoms with Gasteiger partial charge in [-0.25, -0.2) is 0 Å². The number of carbonyl (C=O) groups excluding carboxylic acids is 1. The van der Waals surface area contributed by atoms with E-state index in [9.17, 15) is 14.3 Å². The molecule has 5 nitrogen and oxygen atoms in total. The van der Waals surface area contributed by atoms with E-state index >= 15 is 0 Å². The van der Waals surface area contributed by atoms with Crippen LogP contribution in [-0.2, 0) is 13.9 Å². The van der Waals surface area contributed by atoms with E-state index in [0.29, 0.717) is 6.42 Å². The van der Waals surface area contributed by atoms with Crippen LogP contribution in [0.15, 0.2) is 12.2 Å². The van der Waals surface area contributed by atoms with Gasteiger partial charge in [0.05, 0.1) is 5.66 Å². The van der Waals surface area contributed by atoms with Crippen molar-refractivity contribution in [3.05, 3.63) is 12.2 Å². The second-order valence-electron chi connectivity index (χ2n) is 9.99. The average Bonchev–Trinajstić information content (AvgIpc) is 2.79. The van der Waals surface area contributed by atoms with Crippen LogP contribution in [0.3, 0.4) is 0 Å². The molecule has 202 valence electrons. The monoisotopic (exact) mass is 501 g/mol. The van der Waals surface area contributed by atoms with Gasteiger partial charge in [-0.15, -0.1) is 0 Å². The van der Waals surface area contributed by atoms with E-state index in [1.165, 1.54) is 109 Å². The Balaban J connectivity index is 3.27. The highest BCUT2D eigenvalue weighted by molar-refractivity contribution is 7.53. The number of unbranched alkanes of at least 4 members (excludes halogenated alkanes) is 17. The zero-order valence-electron chi connectivity index (χ0n) is 22.7. The Morgan fingerprint density at radius 1 is 0.765 bits per heavy atom. The standard InChI is InChI=1S/C28H56NO4P/c1-4-5-6-7-8-9-10-11-12-13-14-15-16-17-18-19-20-21-22-23-24-25-28(30)29-26-33-34(31,32)27(2)3/h11-12,27H,4-10,13-26H2,1-3H3,(H,29,30)(H,31,32)/b12-11-. The summed E-state index contributed by atoms with van der Waals surface area (Å²) in [7, 11) is -3.61. The molecule has 0 saturated heterocycles. The second-order valence-corrected chi connectivity index (χ2v) is 12.4. The highest BCUT2D eigenvalue weighted by Crippen LogP contribution is 2.46. The third kappa shape index (κ3) is 23.1. The largest absolute Gasteiger partial charge is 0.333 e. The number of nitrogens with one attached hydrogen (secondary N) is 1. The number of amides is 1. The first-order valence-electron chi connectivity index (χ1n) is 14.3. The van der Waals surface area contributed by atoms with Gasteiger partial charge in [-0.3, -0.25) is 13.9 Å². The van der Waals surface area contributed by atoms with Crippen molar-refractivity contribution >= 4 is 13.5 Å². The van der Waals surface area contributed by atoms with Crippen molar-refractivity contribution in [2.45, 2.75) is 155 Å². The molecule has 0 radical (unpaired) electrons. The van der Waals surface area contributed by atoms with E-state index < -0.39 is 13.3 Å². The van der Waals surface area contributed by atoms with Crippen LogP contribution in [0, 0.1) is 0 Å². The molecule has 1 amide bonds. The zero-order valence-corrected chi connectivity index (χ0v) is 23.6. The van der Waals surface area contributed by atoms with Crippen molar-refractivity contribution in [3.8, 4) is 0 Å². The van der Waals surface area contributed by atoms with Crippen LogP contribution in [-0.4, -0.2) is 23.2 Å². The summed E-state index contributed by atoms with van der Waals surface area (Å²) in [5.74, 6) is -0.114. The third-order valence-electron chi connectivity index (χ3n) is 6.34. The van der Waals surface area contributed by atoms with Gasteiger partial charge in [0, 0.05) is 6.42 Å². The fourth-order valence-corrected chi connectivity index (χ4v) is 4.41. The topological polar surface area (TPSA) is 75.6 Å². The SMILES string of the molecule is CCCCCCCC/C=C\CCCCCCCCCCCCCC(=O)NCOP(=O)(O)C(C)C. The predicted octanol–water partition coefficient (Wildman–Crippen LogP) is 9.05. The Morgan fingerprint density at radius 3 is 1.62 bits per heavy atom. The normalized spacial score (nSPS) is 13.6. The van der Waals surface area contributed by atoms with Gasteiger partial charge >= 0.3 is 7.60 Å². The van der Waals surface area contributed by atoms with Gasteiger partial charge in [0.15, 0.2) is 0 Å². The molecule has 2 N–H and O–H groups in total. The quantitative estimate of drug-likeness (QED) is 0.0566. The first kappa shape index (κ1) is 33.4. The predicted molar refractivity (Wildman–Crippen MR) is 146 cm³/mol. The van der Waals surface area contributed by atoms with Crippen LogP contribution in [0.1, 0.15) is 149 Å². The van der Waals surface area contributed by atoms with Gasteiger partial charge in [0.25, 0.3) is 0 Å². The lowest BCUT2D eigenvalue weighted by atomic mass is 10.0. The lowest BCUT2D eigenvalue weighted by Gasteiger charge is -2.15. The van der Waals surface area contributed by atoms with Crippen molar-refractivity contribution in [2.75, 3.05) is 6.73 Å². The van der Waals surface area contributed by atoms with Crippen LogP contribution in [0.2, 0.25) is 0 Å². The lowest BCUT2D eigenvalue weighted by Crippen LogP contribution is -2.25. The Kier molecular flexibility index (Phi) is 23.6. The summed E-state index contributed by atoms with van der Waals surface area (Å²) in [5, 5.41) is 2.56. The van der Waals surface area contributed by atoms with Crippen molar-refractivity contribution < 1.29 is 18.8 Å². The van der Waals surface area contributed by atoms with E-state index in [4.69, 9.17) is 4.52 Å². The number of allylic oxidation sites excluding steroid dienone is 2. The summed E-state index contributed by atoms with van der Waals surface area (Å²) in [6, 6.07) is 0. The molecule has 0 saturated carbocycles. The van der Waals surface area contributed by atoms with Crippen molar-refractivity contribution in [3.63, 3.8) is 0 Å². The molecule has 6 heteroatoms. The van der Waals surface area contributed by atoms with Crippen molar-refractivity contribution in [1.29, 1.82) is 0 Å². The van der Waals surface area contributed by atoms with E-state index in [2.05, 4.69) is 24.4 Å². The van der Waals surface area contributed by atoms with Gasteiger partial charge in [0.2, 0.25) is 5.91 Å². The van der Waals surface area contributed by atoms with Crippen molar-refractivity contribution in [2.24, 2.45) is 0 Å². The number of carbonyl (C=O) groups is 1. The Morgan fingerprint density at radius 2 is 1.18 bits per heavy atom. The van der Waals surface area contributed by atoms with Gasteiger partial charge in [-0.2, -0.15) is 0 Å². The molecule has 0 aromatic heterocycles. The molecule has 34 heavy (non-hydrogen) atoms. The molecule has 0 aliphatic rings. The smallest absolute Gasteiger partial charge is 0.332 e. The molecule has 0 heterocycles. The van der Waals surface area contributed by atoms with Gasteiger partial charge in [-0.1, -0.05) is 123 Å². The van der Waals surface area contributed by atoms with E-state index in [-0.39, 0.29) is 12.6 Å². The molecule has 0 fully saturated rings. The maximum absolute atomic E-state index is 11.7.